The number of nitrogens with one attached hydrogen (secondary N) is 2. The molecule has 2 rings (SSSR count). The monoisotopic (exact) mass is 381 g/mol. The standard InChI is InChI=1S/C22H43N3O2/c1-21(2,3)15-23-17-7-9-19(10-8-17)27-20(26)24-18-11-13-25(14-12-18)16-22(4,5)6/h17-19,23H,7-16H2,1-6H3,(H,24,26). The Bertz CT molecular complexity index is 451. The lowest BCUT2D eigenvalue weighted by atomic mass is 9.91. The Balaban J connectivity index is 1.60. The number of piperidine rings is 1. The molecule has 0 unspecified atom stereocenters. The van der Waals surface area contributed by atoms with Gasteiger partial charge in [-0.3, -0.25) is 0 Å². The summed E-state index contributed by atoms with van der Waals surface area (Å²) >= 11 is 0. The predicted octanol–water partition coefficient (Wildman–Crippen LogP) is 4.17. The maximum absolute atomic E-state index is 12.3. The van der Waals surface area contributed by atoms with Gasteiger partial charge in [0.1, 0.15) is 6.10 Å². The van der Waals surface area contributed by atoms with E-state index in [1.54, 1.807) is 0 Å². The van der Waals surface area contributed by atoms with Gasteiger partial charge in [0.2, 0.25) is 0 Å². The Hall–Kier alpha value is -0.810. The molecule has 0 spiro atoms. The molecule has 5 nitrogen and oxygen atoms in total. The van der Waals surface area contributed by atoms with Crippen LogP contribution in [-0.4, -0.2) is 55.4 Å². The SMILES string of the molecule is CC(C)(C)CNC1CCC(OC(=O)NC2CCN(CC(C)(C)C)CC2)CC1. The molecule has 5 heteroatoms. The number of nitrogens with zero attached hydrogens (tertiary/aromatic N) is 1. The van der Waals surface area contributed by atoms with Crippen LogP contribution in [0, 0.1) is 10.8 Å². The molecule has 2 N–H and O–H groups in total. The molecule has 1 amide bonds. The minimum Gasteiger partial charge on any atom is -0.446 e. The van der Waals surface area contributed by atoms with Crippen LogP contribution in [0.4, 0.5) is 4.79 Å². The fourth-order valence-corrected chi connectivity index (χ4v) is 4.09. The molecule has 27 heavy (non-hydrogen) atoms. The first kappa shape index (κ1) is 22.5. The average Bonchev–Trinajstić information content (AvgIpc) is 2.54. The molecule has 0 atom stereocenters. The van der Waals surface area contributed by atoms with Gasteiger partial charge < -0.3 is 20.3 Å². The Labute approximate surface area is 167 Å². The Morgan fingerprint density at radius 1 is 0.889 bits per heavy atom. The lowest BCUT2D eigenvalue weighted by Crippen LogP contribution is -2.47. The van der Waals surface area contributed by atoms with Gasteiger partial charge in [-0.25, -0.2) is 4.79 Å². The van der Waals surface area contributed by atoms with Crippen LogP contribution in [0.2, 0.25) is 0 Å². The van der Waals surface area contributed by atoms with Crippen LogP contribution in [0.3, 0.4) is 0 Å². The van der Waals surface area contributed by atoms with Crippen molar-refractivity contribution in [2.24, 2.45) is 10.8 Å². The van der Waals surface area contributed by atoms with E-state index >= 15 is 0 Å². The zero-order valence-electron chi connectivity index (χ0n) is 18.6. The first-order chi connectivity index (χ1) is 12.5. The van der Waals surface area contributed by atoms with Gasteiger partial charge >= 0.3 is 6.09 Å². The van der Waals surface area contributed by atoms with Crippen LogP contribution < -0.4 is 10.6 Å². The molecule has 1 aliphatic carbocycles. The number of alkyl carbamates (subject to hydrolysis) is 1. The molecule has 158 valence electrons. The average molecular weight is 382 g/mol. The van der Waals surface area contributed by atoms with Crippen LogP contribution >= 0.6 is 0 Å². The van der Waals surface area contributed by atoms with Crippen molar-refractivity contribution in [2.45, 2.75) is 98.3 Å². The maximum atomic E-state index is 12.3. The second kappa shape index (κ2) is 9.60. The Morgan fingerprint density at radius 2 is 1.48 bits per heavy atom. The zero-order chi connectivity index (χ0) is 20.1. The van der Waals surface area contributed by atoms with E-state index in [0.717, 1.165) is 64.7 Å². The van der Waals surface area contributed by atoms with Crippen molar-refractivity contribution in [3.05, 3.63) is 0 Å². The van der Waals surface area contributed by atoms with Gasteiger partial charge in [-0.15, -0.1) is 0 Å². The molecule has 0 aromatic carbocycles. The third-order valence-corrected chi connectivity index (χ3v) is 5.48. The molecule has 0 bridgehead atoms. The molecule has 1 saturated heterocycles. The number of likely N-dealkylation sites (tertiary alicyclic amines) is 1. The van der Waals surface area contributed by atoms with E-state index in [0.29, 0.717) is 16.9 Å². The maximum Gasteiger partial charge on any atom is 0.407 e. The van der Waals surface area contributed by atoms with Crippen LogP contribution in [-0.2, 0) is 4.74 Å². The summed E-state index contributed by atoms with van der Waals surface area (Å²) in [5.74, 6) is 0. The van der Waals surface area contributed by atoms with Crippen LogP contribution in [0.1, 0.15) is 80.1 Å². The van der Waals surface area contributed by atoms with Crippen molar-refractivity contribution >= 4 is 6.09 Å². The fraction of sp³-hybridized carbons (Fsp3) is 0.955. The summed E-state index contributed by atoms with van der Waals surface area (Å²) in [7, 11) is 0. The van der Waals surface area contributed by atoms with Crippen LogP contribution in [0.15, 0.2) is 0 Å². The number of hydrogen-bond donors (Lipinski definition) is 2. The van der Waals surface area contributed by atoms with E-state index in [1.807, 2.05) is 0 Å². The molecule has 1 heterocycles. The quantitative estimate of drug-likeness (QED) is 0.750. The van der Waals surface area contributed by atoms with Gasteiger partial charge in [0.05, 0.1) is 0 Å². The van der Waals surface area contributed by atoms with Crippen molar-refractivity contribution in [2.75, 3.05) is 26.2 Å². The highest BCUT2D eigenvalue weighted by atomic mass is 16.6. The van der Waals surface area contributed by atoms with Crippen molar-refractivity contribution in [1.29, 1.82) is 0 Å². The van der Waals surface area contributed by atoms with Gasteiger partial charge in [-0.2, -0.15) is 0 Å². The predicted molar refractivity (Wildman–Crippen MR) is 112 cm³/mol. The van der Waals surface area contributed by atoms with Crippen LogP contribution in [0.5, 0.6) is 0 Å². The second-order valence-corrected chi connectivity index (χ2v) is 11.1. The molecule has 0 aromatic heterocycles. The summed E-state index contributed by atoms with van der Waals surface area (Å²) in [4.78, 5) is 14.8. The van der Waals surface area contributed by atoms with Gasteiger partial charge in [0.25, 0.3) is 0 Å². The minimum atomic E-state index is -0.213. The summed E-state index contributed by atoms with van der Waals surface area (Å²) < 4.78 is 5.70. The largest absolute Gasteiger partial charge is 0.446 e. The summed E-state index contributed by atoms with van der Waals surface area (Å²) in [5.41, 5.74) is 0.648. The summed E-state index contributed by atoms with van der Waals surface area (Å²) in [5, 5.41) is 6.76. The number of carbonyl (C=O) groups is 1. The van der Waals surface area contributed by atoms with E-state index in [9.17, 15) is 4.79 Å². The highest BCUT2D eigenvalue weighted by Gasteiger charge is 2.27. The van der Waals surface area contributed by atoms with Crippen molar-refractivity contribution in [1.82, 2.24) is 15.5 Å². The summed E-state index contributed by atoms with van der Waals surface area (Å²) in [6.07, 6.45) is 6.05. The van der Waals surface area contributed by atoms with E-state index in [4.69, 9.17) is 4.74 Å². The van der Waals surface area contributed by atoms with E-state index in [-0.39, 0.29) is 18.2 Å². The Kier molecular flexibility index (Phi) is 7.99. The molecular weight excluding hydrogens is 338 g/mol. The van der Waals surface area contributed by atoms with Gasteiger partial charge in [-0.05, 0) is 49.4 Å². The first-order valence-electron chi connectivity index (χ1n) is 10.9. The molecule has 0 radical (unpaired) electrons. The van der Waals surface area contributed by atoms with Crippen molar-refractivity contribution < 1.29 is 9.53 Å². The molecule has 0 aromatic rings. The number of amides is 1. The topological polar surface area (TPSA) is 53.6 Å². The second-order valence-electron chi connectivity index (χ2n) is 11.1. The highest BCUT2D eigenvalue weighted by Crippen LogP contribution is 2.23. The number of hydrogen-bond acceptors (Lipinski definition) is 4. The fourth-order valence-electron chi connectivity index (χ4n) is 4.09. The zero-order valence-corrected chi connectivity index (χ0v) is 18.6. The normalized spacial score (nSPS) is 26.0. The third kappa shape index (κ3) is 9.29. The summed E-state index contributed by atoms with van der Waals surface area (Å²) in [6.45, 7) is 17.9. The van der Waals surface area contributed by atoms with E-state index in [1.165, 1.54) is 0 Å². The molecule has 1 saturated carbocycles. The summed E-state index contributed by atoms with van der Waals surface area (Å²) in [6, 6.07) is 0.831. The van der Waals surface area contributed by atoms with Crippen LogP contribution in [0.25, 0.3) is 0 Å². The third-order valence-electron chi connectivity index (χ3n) is 5.48. The molecule has 1 aliphatic heterocycles. The van der Waals surface area contributed by atoms with E-state index in [2.05, 4.69) is 57.1 Å². The number of rotatable bonds is 5. The molecular formula is C22H43N3O2. The van der Waals surface area contributed by atoms with Crippen molar-refractivity contribution in [3.63, 3.8) is 0 Å². The molecule has 2 aliphatic rings. The molecule has 2 fully saturated rings. The number of ether oxygens (including phenoxy) is 1. The lowest BCUT2D eigenvalue weighted by Gasteiger charge is -2.36. The van der Waals surface area contributed by atoms with E-state index < -0.39 is 0 Å². The van der Waals surface area contributed by atoms with Crippen molar-refractivity contribution in [3.8, 4) is 0 Å². The van der Waals surface area contributed by atoms with Gasteiger partial charge in [0, 0.05) is 38.3 Å². The smallest absolute Gasteiger partial charge is 0.407 e. The Morgan fingerprint density at radius 3 is 2.00 bits per heavy atom. The van der Waals surface area contributed by atoms with Gasteiger partial charge in [-0.1, -0.05) is 41.5 Å². The minimum absolute atomic E-state index is 0.0821. The van der Waals surface area contributed by atoms with Gasteiger partial charge in [0.15, 0.2) is 0 Å². The lowest BCUT2D eigenvalue weighted by molar-refractivity contribution is 0.0619. The highest BCUT2D eigenvalue weighted by molar-refractivity contribution is 5.67. The first-order valence-corrected chi connectivity index (χ1v) is 10.9. The number of carbonyl (C=O) groups excluding carboxylic acids is 1.